The Morgan fingerprint density at radius 1 is 1.02 bits per heavy atom. The van der Waals surface area contributed by atoms with E-state index in [0.717, 1.165) is 5.56 Å². The average molecular weight is 686 g/mol. The van der Waals surface area contributed by atoms with Gasteiger partial charge in [0.25, 0.3) is 5.92 Å². The van der Waals surface area contributed by atoms with Crippen molar-refractivity contribution in [1.29, 1.82) is 0 Å². The molecule has 260 valence electrons. The summed E-state index contributed by atoms with van der Waals surface area (Å²) in [4.78, 5) is 34.3. The van der Waals surface area contributed by atoms with E-state index < -0.39 is 38.7 Å². The fourth-order valence-corrected chi connectivity index (χ4v) is 9.57. The number of nitrogens with zero attached hydrogens (tertiary/aromatic N) is 2. The van der Waals surface area contributed by atoms with Crippen molar-refractivity contribution in [3.8, 4) is 5.75 Å². The van der Waals surface area contributed by atoms with Gasteiger partial charge in [-0.3, -0.25) is 4.79 Å². The first-order valence-electron chi connectivity index (χ1n) is 17.0. The summed E-state index contributed by atoms with van der Waals surface area (Å²) in [6.45, 7) is 3.80. The van der Waals surface area contributed by atoms with Crippen LogP contribution in [0.3, 0.4) is 0 Å². The summed E-state index contributed by atoms with van der Waals surface area (Å²) in [5, 5.41) is 6.35. The van der Waals surface area contributed by atoms with Crippen LogP contribution in [0.25, 0.3) is 10.9 Å². The zero-order valence-corrected chi connectivity index (χ0v) is 28.4. The van der Waals surface area contributed by atoms with E-state index in [1.165, 1.54) is 12.1 Å². The topological polar surface area (TPSA) is 133 Å². The minimum absolute atomic E-state index is 0.0467. The van der Waals surface area contributed by atoms with Gasteiger partial charge < -0.3 is 25.3 Å². The predicted molar refractivity (Wildman–Crippen MR) is 181 cm³/mol. The lowest BCUT2D eigenvalue weighted by Crippen LogP contribution is -2.41. The molecule has 0 spiro atoms. The molecule has 2 aromatic carbocycles. The lowest BCUT2D eigenvalue weighted by molar-refractivity contribution is -0.121. The van der Waals surface area contributed by atoms with Crippen LogP contribution >= 0.6 is 0 Å². The zero-order chi connectivity index (χ0) is 34.1. The molecule has 2 fully saturated rings. The summed E-state index contributed by atoms with van der Waals surface area (Å²) in [5.41, 5.74) is 1.35. The monoisotopic (exact) mass is 685 g/mol. The maximum Gasteiger partial charge on any atom is 0.347 e. The number of carbonyl (C=O) groups is 1. The second-order valence-electron chi connectivity index (χ2n) is 13.6. The number of hydrogen-bond acceptors (Lipinski definition) is 8. The van der Waals surface area contributed by atoms with Crippen LogP contribution < -0.4 is 21.1 Å². The van der Waals surface area contributed by atoms with Crippen LogP contribution in [0.5, 0.6) is 5.75 Å². The Bertz CT molecular complexity index is 1810. The summed E-state index contributed by atoms with van der Waals surface area (Å²) in [7, 11) is -1.73. The van der Waals surface area contributed by atoms with Crippen LogP contribution in [0.1, 0.15) is 86.9 Å². The molecule has 3 atom stereocenters. The number of ether oxygens (including phenoxy) is 1. The number of amides is 1. The molecule has 5 heterocycles. The third-order valence-corrected chi connectivity index (χ3v) is 12.7. The number of piperidine rings is 1. The molecule has 13 heteroatoms. The molecule has 0 radical (unpaired) electrons. The van der Waals surface area contributed by atoms with E-state index in [2.05, 4.69) is 25.5 Å². The number of aromatic nitrogens is 2. The molecule has 4 aliphatic rings. The molecule has 7 rings (SSSR count). The standard InChI is InChI=1S/C35H45F2N5O5S/c1-22-23-6-5-7-26(18-23)35(36,37)25-9-14-42(15-10-25)16-11-32(43)38-13-4-3-8-27-19-24(12-17-48(27,45)46)28-20-29-30(21-31(28)47-2)40-34(44)41-33(29)39-22/h5-7,18,20-22,24-25,27H,3-4,8-17,19H2,1-2H3,(H,38,43)(H2,39,40,41,44)/t22-,24?,27?/m1/s1. The molecule has 3 aromatic rings. The number of carbonyl (C=O) groups excluding carboxylic acids is 1. The van der Waals surface area contributed by atoms with E-state index in [1.807, 2.05) is 13.0 Å². The predicted octanol–water partition coefficient (Wildman–Crippen LogP) is 5.26. The second-order valence-corrected chi connectivity index (χ2v) is 16.0. The third kappa shape index (κ3) is 7.36. The van der Waals surface area contributed by atoms with Gasteiger partial charge in [-0.25, -0.2) is 22.0 Å². The number of benzene rings is 2. The largest absolute Gasteiger partial charge is 0.496 e. The number of fused-ring (bicyclic) bond motifs is 10. The number of anilines is 1. The van der Waals surface area contributed by atoms with Gasteiger partial charge in [-0.2, -0.15) is 4.98 Å². The van der Waals surface area contributed by atoms with Gasteiger partial charge in [0.15, 0.2) is 9.84 Å². The van der Waals surface area contributed by atoms with Crippen molar-refractivity contribution in [3.05, 3.63) is 63.6 Å². The van der Waals surface area contributed by atoms with Crippen LogP contribution in [0.15, 0.2) is 41.2 Å². The summed E-state index contributed by atoms with van der Waals surface area (Å²) >= 11 is 0. The zero-order valence-electron chi connectivity index (χ0n) is 27.6. The van der Waals surface area contributed by atoms with Crippen molar-refractivity contribution in [3.63, 3.8) is 0 Å². The molecular formula is C35H45F2N5O5S. The maximum atomic E-state index is 15.9. The highest BCUT2D eigenvalue weighted by Crippen LogP contribution is 2.43. The van der Waals surface area contributed by atoms with Gasteiger partial charge in [0.2, 0.25) is 5.91 Å². The number of rotatable bonds is 1. The number of halogens is 2. The van der Waals surface area contributed by atoms with Gasteiger partial charge in [0, 0.05) is 48.5 Å². The number of aromatic amines is 1. The van der Waals surface area contributed by atoms with E-state index in [1.54, 1.807) is 25.3 Å². The number of hydrogen-bond donors (Lipinski definition) is 3. The summed E-state index contributed by atoms with van der Waals surface area (Å²) in [5.74, 6) is -3.12. The van der Waals surface area contributed by atoms with E-state index in [9.17, 15) is 18.0 Å². The molecule has 48 heavy (non-hydrogen) atoms. The summed E-state index contributed by atoms with van der Waals surface area (Å²) in [6.07, 6.45) is 3.64. The van der Waals surface area contributed by atoms with Crippen molar-refractivity contribution in [2.24, 2.45) is 5.92 Å². The first kappa shape index (κ1) is 34.3. The van der Waals surface area contributed by atoms with Gasteiger partial charge in [-0.1, -0.05) is 24.6 Å². The van der Waals surface area contributed by atoms with Crippen molar-refractivity contribution in [1.82, 2.24) is 20.2 Å². The molecule has 8 bridgehead atoms. The highest BCUT2D eigenvalue weighted by atomic mass is 32.2. The third-order valence-electron chi connectivity index (χ3n) is 10.5. The van der Waals surface area contributed by atoms with E-state index >= 15 is 8.78 Å². The van der Waals surface area contributed by atoms with Gasteiger partial charge >= 0.3 is 5.69 Å². The number of nitrogens with one attached hydrogen (secondary N) is 3. The van der Waals surface area contributed by atoms with Crippen LogP contribution in [-0.4, -0.2) is 73.5 Å². The fraction of sp³-hybridized carbons (Fsp3) is 0.571. The highest BCUT2D eigenvalue weighted by molar-refractivity contribution is 7.92. The Balaban J connectivity index is 1.36. The SMILES string of the molecule is COc1cc2[nH]c(=O)nc3c2cc1C1CCS(=O)(=O)C(CCCCNC(=O)CCN2CCC(CC2)C(F)(F)c2cccc(c2)[C@@H](C)N3)C1. The van der Waals surface area contributed by atoms with Crippen LogP contribution in [0.2, 0.25) is 0 Å². The van der Waals surface area contributed by atoms with E-state index in [4.69, 9.17) is 4.74 Å². The van der Waals surface area contributed by atoms with Crippen LogP contribution in [-0.2, 0) is 20.6 Å². The quantitative estimate of drug-likeness (QED) is 0.316. The smallest absolute Gasteiger partial charge is 0.347 e. The molecule has 2 saturated heterocycles. The lowest BCUT2D eigenvalue weighted by Gasteiger charge is -2.36. The van der Waals surface area contributed by atoms with Crippen molar-refractivity contribution < 1.29 is 26.7 Å². The lowest BCUT2D eigenvalue weighted by atomic mass is 9.85. The highest BCUT2D eigenvalue weighted by Gasteiger charge is 2.43. The average Bonchev–Trinajstić information content (AvgIpc) is 3.07. The normalized spacial score (nSPS) is 28.1. The van der Waals surface area contributed by atoms with Gasteiger partial charge in [-0.05, 0) is 87.7 Å². The Morgan fingerprint density at radius 2 is 1.81 bits per heavy atom. The minimum atomic E-state index is -3.28. The first-order valence-corrected chi connectivity index (χ1v) is 18.7. The number of methoxy groups -OCH3 is 1. The van der Waals surface area contributed by atoms with E-state index in [0.29, 0.717) is 106 Å². The molecule has 1 aromatic heterocycles. The Labute approximate surface area is 280 Å². The molecule has 3 N–H and O–H groups in total. The van der Waals surface area contributed by atoms with Gasteiger partial charge in [0.1, 0.15) is 11.6 Å². The number of alkyl halides is 2. The molecular weight excluding hydrogens is 640 g/mol. The van der Waals surface area contributed by atoms with E-state index in [-0.39, 0.29) is 23.1 Å². The van der Waals surface area contributed by atoms with Crippen molar-refractivity contribution in [2.75, 3.05) is 44.4 Å². The fourth-order valence-electron chi connectivity index (χ4n) is 7.57. The Hall–Kier alpha value is -3.58. The van der Waals surface area contributed by atoms with Crippen LogP contribution in [0.4, 0.5) is 14.6 Å². The summed E-state index contributed by atoms with van der Waals surface area (Å²) < 4.78 is 63.9. The molecule has 4 aliphatic heterocycles. The Kier molecular flexibility index (Phi) is 10.1. The molecule has 0 saturated carbocycles. The maximum absolute atomic E-state index is 15.9. The van der Waals surface area contributed by atoms with Crippen LogP contribution in [0, 0.1) is 5.92 Å². The first-order chi connectivity index (χ1) is 22.9. The molecule has 10 nitrogen and oxygen atoms in total. The number of H-pyrrole nitrogens is 1. The summed E-state index contributed by atoms with van der Waals surface area (Å²) in [6, 6.07) is 9.60. The molecule has 0 aliphatic carbocycles. The Morgan fingerprint density at radius 3 is 2.58 bits per heavy atom. The van der Waals surface area contributed by atoms with Gasteiger partial charge in [0.05, 0.1) is 23.6 Å². The van der Waals surface area contributed by atoms with Gasteiger partial charge in [-0.15, -0.1) is 0 Å². The molecule has 2 unspecified atom stereocenters. The molecule has 1 amide bonds. The second kappa shape index (κ2) is 14.1. The van der Waals surface area contributed by atoms with Crippen molar-refractivity contribution in [2.45, 2.75) is 81.4 Å². The number of sulfone groups is 1. The minimum Gasteiger partial charge on any atom is -0.496 e. The van der Waals surface area contributed by atoms with Crippen molar-refractivity contribution >= 4 is 32.5 Å².